The lowest BCUT2D eigenvalue weighted by Crippen LogP contribution is -2.58. The van der Waals surface area contributed by atoms with Gasteiger partial charge in [0.05, 0.1) is 6.04 Å². The molecule has 1 aromatic carbocycles. The fourth-order valence-electron chi connectivity index (χ4n) is 3.16. The molecule has 13 heteroatoms. The first-order chi connectivity index (χ1) is 16.8. The third-order valence-electron chi connectivity index (χ3n) is 5.29. The Kier molecular flexibility index (Phi) is 12.2. The Bertz CT molecular complexity index is 931. The van der Waals surface area contributed by atoms with Gasteiger partial charge in [0.2, 0.25) is 17.7 Å². The number of phenols is 1. The van der Waals surface area contributed by atoms with Crippen LogP contribution >= 0.6 is 0 Å². The smallest absolute Gasteiger partial charge is 0.325 e. The number of rotatable bonds is 14. The van der Waals surface area contributed by atoms with Gasteiger partial charge in [0.1, 0.15) is 23.9 Å². The number of benzene rings is 1. The minimum absolute atomic E-state index is 0.0211. The normalized spacial score (nSPS) is 14.1. The van der Waals surface area contributed by atoms with Crippen LogP contribution in [0.15, 0.2) is 29.3 Å². The van der Waals surface area contributed by atoms with Crippen LogP contribution < -0.4 is 33.2 Å². The molecule has 0 aromatic heterocycles. The van der Waals surface area contributed by atoms with Crippen LogP contribution in [0.4, 0.5) is 0 Å². The second-order valence-corrected chi connectivity index (χ2v) is 8.79. The second kappa shape index (κ2) is 14.5. The Labute approximate surface area is 209 Å². The number of phenolic OH excluding ortho intramolecular Hbond substituents is 1. The molecule has 4 atom stereocenters. The molecule has 0 saturated heterocycles. The molecular formula is C23H37N7O6. The average molecular weight is 508 g/mol. The molecule has 0 fully saturated rings. The molecule has 0 radical (unpaired) electrons. The van der Waals surface area contributed by atoms with Crippen LogP contribution in [0, 0.1) is 5.92 Å². The van der Waals surface area contributed by atoms with Gasteiger partial charge < -0.3 is 43.4 Å². The average Bonchev–Trinajstić information content (AvgIpc) is 2.80. The number of nitrogens with one attached hydrogen (secondary N) is 3. The Morgan fingerprint density at radius 2 is 1.56 bits per heavy atom. The summed E-state index contributed by atoms with van der Waals surface area (Å²) in [5.41, 5.74) is 17.1. The second-order valence-electron chi connectivity index (χ2n) is 8.79. The fraction of sp³-hybridized carbons (Fsp3) is 0.522. The number of carboxylic acids is 1. The predicted molar refractivity (Wildman–Crippen MR) is 134 cm³/mol. The molecule has 200 valence electrons. The number of carbonyl (C=O) groups is 4. The van der Waals surface area contributed by atoms with Crippen LogP contribution in [-0.4, -0.2) is 70.6 Å². The summed E-state index contributed by atoms with van der Waals surface area (Å²) in [6.07, 6.45) is 0.767. The molecule has 36 heavy (non-hydrogen) atoms. The summed E-state index contributed by atoms with van der Waals surface area (Å²) in [6, 6.07) is 1.77. The van der Waals surface area contributed by atoms with Crippen molar-refractivity contribution >= 4 is 29.7 Å². The lowest BCUT2D eigenvalue weighted by atomic mass is 10.00. The van der Waals surface area contributed by atoms with E-state index in [0.29, 0.717) is 18.5 Å². The zero-order valence-electron chi connectivity index (χ0n) is 20.7. The van der Waals surface area contributed by atoms with Gasteiger partial charge in [0.25, 0.3) is 0 Å². The molecule has 0 saturated carbocycles. The first-order valence-corrected chi connectivity index (χ1v) is 11.5. The molecule has 0 bridgehead atoms. The number of aliphatic carboxylic acids is 1. The summed E-state index contributed by atoms with van der Waals surface area (Å²) in [4.78, 5) is 53.5. The van der Waals surface area contributed by atoms with Crippen LogP contribution in [0.3, 0.4) is 0 Å². The van der Waals surface area contributed by atoms with Crippen molar-refractivity contribution in [3.05, 3.63) is 29.8 Å². The van der Waals surface area contributed by atoms with Crippen LogP contribution in [0.5, 0.6) is 5.75 Å². The van der Waals surface area contributed by atoms with Gasteiger partial charge in [-0.25, -0.2) is 0 Å². The summed E-state index contributed by atoms with van der Waals surface area (Å²) in [6.45, 7) is 5.04. The lowest BCUT2D eigenvalue weighted by molar-refractivity contribution is -0.141. The number of guanidine groups is 1. The van der Waals surface area contributed by atoms with E-state index < -0.39 is 47.9 Å². The highest BCUT2D eigenvalue weighted by molar-refractivity contribution is 5.94. The molecule has 0 aliphatic heterocycles. The van der Waals surface area contributed by atoms with Gasteiger partial charge in [0.15, 0.2) is 5.96 Å². The molecule has 1 aromatic rings. The van der Waals surface area contributed by atoms with E-state index in [4.69, 9.17) is 22.3 Å². The zero-order chi connectivity index (χ0) is 27.4. The molecule has 0 aliphatic rings. The minimum atomic E-state index is -1.24. The predicted octanol–water partition coefficient (Wildman–Crippen LogP) is -1.47. The van der Waals surface area contributed by atoms with Gasteiger partial charge in [-0.3, -0.25) is 24.2 Å². The van der Waals surface area contributed by atoms with Crippen molar-refractivity contribution in [1.29, 1.82) is 0 Å². The number of hydrogen-bond acceptors (Lipinski definition) is 7. The van der Waals surface area contributed by atoms with Crippen molar-refractivity contribution in [3.63, 3.8) is 0 Å². The SMILES string of the molecule is CC(NC(=O)C(Cc1ccc(O)cc1)NC(=O)C(NC(=O)C(N)CCCN=C(N)N)C(C)C)C(=O)O. The molecule has 0 spiro atoms. The number of carboxylic acid groups (broad SMARTS) is 1. The number of nitrogens with two attached hydrogens (primary N) is 3. The standard InChI is InChI=1S/C23H37N7O6/c1-12(2)18(30-19(32)16(24)5-4-10-27-23(25)26)21(34)29-17(20(33)28-13(3)22(35)36)11-14-6-8-15(31)9-7-14/h6-9,12-13,16-18,31H,4-5,10-11,24H2,1-3H3,(H,28,33)(H,29,34)(H,30,32)(H,35,36)(H4,25,26,27). The molecule has 4 unspecified atom stereocenters. The first-order valence-electron chi connectivity index (χ1n) is 11.5. The fourth-order valence-corrected chi connectivity index (χ4v) is 3.16. The Balaban J connectivity index is 2.95. The third-order valence-corrected chi connectivity index (χ3v) is 5.29. The number of carbonyl (C=O) groups excluding carboxylic acids is 3. The van der Waals surface area contributed by atoms with Crippen LogP contribution in [0.2, 0.25) is 0 Å². The largest absolute Gasteiger partial charge is 0.508 e. The van der Waals surface area contributed by atoms with Crippen molar-refractivity contribution in [2.24, 2.45) is 28.1 Å². The van der Waals surface area contributed by atoms with Crippen molar-refractivity contribution in [1.82, 2.24) is 16.0 Å². The Hall–Kier alpha value is -3.87. The van der Waals surface area contributed by atoms with Gasteiger partial charge >= 0.3 is 5.97 Å². The van der Waals surface area contributed by atoms with E-state index in [0.717, 1.165) is 0 Å². The maximum atomic E-state index is 13.1. The highest BCUT2D eigenvalue weighted by atomic mass is 16.4. The van der Waals surface area contributed by atoms with E-state index in [-0.39, 0.29) is 30.5 Å². The maximum Gasteiger partial charge on any atom is 0.325 e. The number of aromatic hydroxyl groups is 1. The van der Waals surface area contributed by atoms with Crippen LogP contribution in [0.1, 0.15) is 39.2 Å². The van der Waals surface area contributed by atoms with Crippen molar-refractivity contribution in [3.8, 4) is 5.75 Å². The summed E-state index contributed by atoms with van der Waals surface area (Å²) < 4.78 is 0. The number of hydrogen-bond donors (Lipinski definition) is 8. The quantitative estimate of drug-likeness (QED) is 0.0832. The van der Waals surface area contributed by atoms with Crippen molar-refractivity contribution < 1.29 is 29.4 Å². The van der Waals surface area contributed by atoms with Gasteiger partial charge in [-0.2, -0.15) is 0 Å². The van der Waals surface area contributed by atoms with Gasteiger partial charge in [-0.15, -0.1) is 0 Å². The highest BCUT2D eigenvalue weighted by Gasteiger charge is 2.31. The first kappa shape index (κ1) is 30.2. The van der Waals surface area contributed by atoms with Crippen LogP contribution in [0.25, 0.3) is 0 Å². The summed E-state index contributed by atoms with van der Waals surface area (Å²) in [7, 11) is 0. The lowest BCUT2D eigenvalue weighted by Gasteiger charge is -2.26. The van der Waals surface area contributed by atoms with Crippen LogP contribution in [-0.2, 0) is 25.6 Å². The zero-order valence-corrected chi connectivity index (χ0v) is 20.7. The van der Waals surface area contributed by atoms with Gasteiger partial charge in [-0.05, 0) is 43.4 Å². The molecule has 13 nitrogen and oxygen atoms in total. The number of nitrogens with zero attached hydrogens (tertiary/aromatic N) is 1. The maximum absolute atomic E-state index is 13.1. The molecular weight excluding hydrogens is 470 g/mol. The number of aliphatic imine (C=N–C) groups is 1. The molecule has 3 amide bonds. The van der Waals surface area contributed by atoms with E-state index in [9.17, 15) is 24.3 Å². The topological polar surface area (TPSA) is 235 Å². The van der Waals surface area contributed by atoms with E-state index >= 15 is 0 Å². The van der Waals surface area contributed by atoms with Crippen molar-refractivity contribution in [2.45, 2.75) is 64.2 Å². The van der Waals surface area contributed by atoms with E-state index in [2.05, 4.69) is 20.9 Å². The van der Waals surface area contributed by atoms with Crippen molar-refractivity contribution in [2.75, 3.05) is 6.54 Å². The minimum Gasteiger partial charge on any atom is -0.508 e. The third kappa shape index (κ3) is 10.6. The summed E-state index contributed by atoms with van der Waals surface area (Å²) in [5.74, 6) is -3.51. The van der Waals surface area contributed by atoms with E-state index in [1.807, 2.05) is 0 Å². The monoisotopic (exact) mass is 507 g/mol. The molecule has 11 N–H and O–H groups in total. The van der Waals surface area contributed by atoms with E-state index in [1.165, 1.54) is 19.1 Å². The number of amides is 3. The van der Waals surface area contributed by atoms with Gasteiger partial charge in [0, 0.05) is 13.0 Å². The summed E-state index contributed by atoms with van der Waals surface area (Å²) in [5, 5.41) is 26.2. The molecule has 1 rings (SSSR count). The molecule has 0 heterocycles. The Morgan fingerprint density at radius 3 is 2.08 bits per heavy atom. The van der Waals surface area contributed by atoms with Gasteiger partial charge in [-0.1, -0.05) is 26.0 Å². The Morgan fingerprint density at radius 1 is 0.944 bits per heavy atom. The molecule has 0 aliphatic carbocycles. The highest BCUT2D eigenvalue weighted by Crippen LogP contribution is 2.12. The summed E-state index contributed by atoms with van der Waals surface area (Å²) >= 11 is 0. The van der Waals surface area contributed by atoms with E-state index in [1.54, 1.807) is 26.0 Å².